The summed E-state index contributed by atoms with van der Waals surface area (Å²) in [6, 6.07) is 5.73. The summed E-state index contributed by atoms with van der Waals surface area (Å²) in [4.78, 5) is 10.8. The van der Waals surface area contributed by atoms with E-state index in [0.717, 1.165) is 24.1 Å². The first-order chi connectivity index (χ1) is 10.7. The SMILES string of the molecule is O=[N+]([O-])c1ccc2c(c1)[C@@H]1C=CC[C@H]1[C@H]([C@H]1CC=CCC1)N2. The predicted molar refractivity (Wildman–Crippen MR) is 87.0 cm³/mol. The van der Waals surface area contributed by atoms with Crippen LogP contribution in [0.5, 0.6) is 0 Å². The van der Waals surface area contributed by atoms with Crippen LogP contribution in [0.1, 0.15) is 37.2 Å². The number of non-ortho nitro benzene ring substituents is 1. The second-order valence-corrected chi connectivity index (χ2v) is 6.60. The average molecular weight is 296 g/mol. The Morgan fingerprint density at radius 2 is 2.09 bits per heavy atom. The average Bonchev–Trinajstić information content (AvgIpc) is 3.04. The molecule has 22 heavy (non-hydrogen) atoms. The van der Waals surface area contributed by atoms with Gasteiger partial charge in [-0.15, -0.1) is 0 Å². The number of hydrogen-bond donors (Lipinski definition) is 1. The van der Waals surface area contributed by atoms with Gasteiger partial charge >= 0.3 is 0 Å². The Hall–Kier alpha value is -2.10. The highest BCUT2D eigenvalue weighted by atomic mass is 16.6. The highest BCUT2D eigenvalue weighted by molar-refractivity contribution is 5.62. The number of benzene rings is 1. The second-order valence-electron chi connectivity index (χ2n) is 6.60. The van der Waals surface area contributed by atoms with Gasteiger partial charge in [0.1, 0.15) is 0 Å². The van der Waals surface area contributed by atoms with E-state index in [-0.39, 0.29) is 10.6 Å². The van der Waals surface area contributed by atoms with Crippen molar-refractivity contribution in [2.45, 2.75) is 37.6 Å². The maximum absolute atomic E-state index is 11.1. The Morgan fingerprint density at radius 1 is 1.18 bits per heavy atom. The topological polar surface area (TPSA) is 55.2 Å². The van der Waals surface area contributed by atoms with Crippen molar-refractivity contribution in [3.63, 3.8) is 0 Å². The van der Waals surface area contributed by atoms with Gasteiger partial charge in [-0.3, -0.25) is 10.1 Å². The number of allylic oxidation sites excluding steroid dienone is 4. The second kappa shape index (κ2) is 5.27. The Morgan fingerprint density at radius 3 is 2.86 bits per heavy atom. The fraction of sp³-hybridized carbons (Fsp3) is 0.444. The Labute approximate surface area is 130 Å². The van der Waals surface area contributed by atoms with Crippen LogP contribution >= 0.6 is 0 Å². The van der Waals surface area contributed by atoms with Gasteiger partial charge in [0, 0.05) is 29.8 Å². The third kappa shape index (κ3) is 2.14. The van der Waals surface area contributed by atoms with Gasteiger partial charge in [-0.05, 0) is 49.1 Å². The van der Waals surface area contributed by atoms with E-state index in [1.54, 1.807) is 12.1 Å². The van der Waals surface area contributed by atoms with Crippen LogP contribution in [0.2, 0.25) is 0 Å². The number of anilines is 1. The summed E-state index contributed by atoms with van der Waals surface area (Å²) < 4.78 is 0. The van der Waals surface area contributed by atoms with Crippen LogP contribution < -0.4 is 5.32 Å². The van der Waals surface area contributed by atoms with Crippen molar-refractivity contribution in [1.29, 1.82) is 0 Å². The van der Waals surface area contributed by atoms with Crippen molar-refractivity contribution in [1.82, 2.24) is 0 Å². The molecule has 4 rings (SSSR count). The van der Waals surface area contributed by atoms with Crippen molar-refractivity contribution in [3.8, 4) is 0 Å². The van der Waals surface area contributed by atoms with Crippen molar-refractivity contribution in [3.05, 3.63) is 58.2 Å². The van der Waals surface area contributed by atoms with Crippen LogP contribution in [0.25, 0.3) is 0 Å². The molecule has 0 aromatic heterocycles. The number of nitrogens with one attached hydrogen (secondary N) is 1. The Bertz CT molecular complexity index is 665. The van der Waals surface area contributed by atoms with Crippen LogP contribution in [0.4, 0.5) is 11.4 Å². The third-order valence-electron chi connectivity index (χ3n) is 5.42. The lowest BCUT2D eigenvalue weighted by Gasteiger charge is -2.41. The monoisotopic (exact) mass is 296 g/mol. The van der Waals surface area contributed by atoms with E-state index in [0.29, 0.717) is 23.8 Å². The van der Waals surface area contributed by atoms with Gasteiger partial charge in [0.15, 0.2) is 0 Å². The van der Waals surface area contributed by atoms with Gasteiger partial charge in [0.05, 0.1) is 4.92 Å². The van der Waals surface area contributed by atoms with Crippen LogP contribution in [0, 0.1) is 22.0 Å². The van der Waals surface area contributed by atoms with E-state index in [9.17, 15) is 10.1 Å². The molecule has 0 radical (unpaired) electrons. The summed E-state index contributed by atoms with van der Waals surface area (Å²) in [7, 11) is 0. The van der Waals surface area contributed by atoms with E-state index >= 15 is 0 Å². The molecule has 0 bridgehead atoms. The third-order valence-corrected chi connectivity index (χ3v) is 5.42. The van der Waals surface area contributed by atoms with E-state index in [4.69, 9.17) is 0 Å². The van der Waals surface area contributed by atoms with Gasteiger partial charge in [-0.1, -0.05) is 24.3 Å². The predicted octanol–water partition coefficient (Wildman–Crippen LogP) is 4.40. The molecule has 0 spiro atoms. The number of fused-ring (bicyclic) bond motifs is 3. The van der Waals surface area contributed by atoms with Crippen molar-refractivity contribution >= 4 is 11.4 Å². The van der Waals surface area contributed by atoms with E-state index in [2.05, 4.69) is 29.6 Å². The zero-order valence-corrected chi connectivity index (χ0v) is 12.4. The molecule has 114 valence electrons. The van der Waals surface area contributed by atoms with Crippen molar-refractivity contribution in [2.24, 2.45) is 11.8 Å². The smallest absolute Gasteiger partial charge is 0.269 e. The number of rotatable bonds is 2. The highest BCUT2D eigenvalue weighted by Crippen LogP contribution is 2.48. The first-order valence-corrected chi connectivity index (χ1v) is 8.10. The molecule has 1 aromatic carbocycles. The molecular formula is C18H20N2O2. The van der Waals surface area contributed by atoms with Crippen LogP contribution in [0.3, 0.4) is 0 Å². The minimum Gasteiger partial charge on any atom is -0.381 e. The summed E-state index contributed by atoms with van der Waals surface area (Å²) in [6.07, 6.45) is 13.7. The first kappa shape index (κ1) is 13.6. The van der Waals surface area contributed by atoms with Crippen LogP contribution in [0.15, 0.2) is 42.5 Å². The largest absolute Gasteiger partial charge is 0.381 e. The van der Waals surface area contributed by atoms with Crippen molar-refractivity contribution in [2.75, 3.05) is 5.32 Å². The molecule has 1 heterocycles. The van der Waals surface area contributed by atoms with Crippen molar-refractivity contribution < 1.29 is 4.92 Å². The van der Waals surface area contributed by atoms with Gasteiger partial charge in [-0.2, -0.15) is 0 Å². The molecule has 3 aliphatic rings. The molecule has 1 aliphatic heterocycles. The summed E-state index contributed by atoms with van der Waals surface area (Å²) in [5.74, 6) is 1.53. The standard InChI is InChI=1S/C18H20N2O2/c21-20(22)13-9-10-17-16(11-13)14-7-4-8-15(14)18(19-17)12-5-2-1-3-6-12/h1-2,4,7,9-12,14-15,18-19H,3,5-6,8H2/t12-,14+,15+,18-/m0/s1. The molecule has 0 amide bonds. The van der Waals surface area contributed by atoms with Crippen LogP contribution in [-0.2, 0) is 0 Å². The zero-order chi connectivity index (χ0) is 15.1. The van der Waals surface area contributed by atoms with Crippen LogP contribution in [-0.4, -0.2) is 11.0 Å². The molecule has 0 saturated carbocycles. The molecule has 4 heteroatoms. The molecule has 4 atom stereocenters. The fourth-order valence-electron chi connectivity index (χ4n) is 4.34. The Balaban J connectivity index is 1.70. The van der Waals surface area contributed by atoms with Gasteiger partial charge < -0.3 is 5.32 Å². The highest BCUT2D eigenvalue weighted by Gasteiger charge is 2.40. The fourth-order valence-corrected chi connectivity index (χ4v) is 4.34. The molecule has 1 aromatic rings. The molecular weight excluding hydrogens is 276 g/mol. The lowest BCUT2D eigenvalue weighted by atomic mass is 9.72. The lowest BCUT2D eigenvalue weighted by Crippen LogP contribution is -2.41. The summed E-state index contributed by atoms with van der Waals surface area (Å²) in [5.41, 5.74) is 2.37. The van der Waals surface area contributed by atoms with Gasteiger partial charge in [0.2, 0.25) is 0 Å². The summed E-state index contributed by atoms with van der Waals surface area (Å²) >= 11 is 0. The number of hydrogen-bond acceptors (Lipinski definition) is 3. The summed E-state index contributed by atoms with van der Waals surface area (Å²) in [5, 5.41) is 14.8. The van der Waals surface area contributed by atoms with E-state index < -0.39 is 0 Å². The molecule has 0 fully saturated rings. The quantitative estimate of drug-likeness (QED) is 0.500. The van der Waals surface area contributed by atoms with Gasteiger partial charge in [-0.25, -0.2) is 0 Å². The zero-order valence-electron chi connectivity index (χ0n) is 12.4. The molecule has 2 aliphatic carbocycles. The maximum atomic E-state index is 11.1. The van der Waals surface area contributed by atoms with E-state index in [1.165, 1.54) is 12.8 Å². The van der Waals surface area contributed by atoms with Gasteiger partial charge in [0.25, 0.3) is 5.69 Å². The first-order valence-electron chi connectivity index (χ1n) is 8.10. The molecule has 4 nitrogen and oxygen atoms in total. The summed E-state index contributed by atoms with van der Waals surface area (Å²) in [6.45, 7) is 0. The maximum Gasteiger partial charge on any atom is 0.269 e. The molecule has 0 unspecified atom stereocenters. The normalized spacial score (nSPS) is 32.2. The number of nitro groups is 1. The minimum atomic E-state index is -0.300. The number of nitrogens with zero attached hydrogens (tertiary/aromatic N) is 1. The molecule has 1 N–H and O–H groups in total. The lowest BCUT2D eigenvalue weighted by molar-refractivity contribution is -0.384. The van der Waals surface area contributed by atoms with E-state index in [1.807, 2.05) is 6.07 Å². The Kier molecular flexibility index (Phi) is 3.25. The number of nitro benzene ring substituents is 1. The molecule has 0 saturated heterocycles. The minimum absolute atomic E-state index is 0.193.